The summed E-state index contributed by atoms with van der Waals surface area (Å²) in [4.78, 5) is 11.8. The zero-order valence-corrected chi connectivity index (χ0v) is 20.6. The van der Waals surface area contributed by atoms with Crippen molar-refractivity contribution in [3.63, 3.8) is 0 Å². The third-order valence-corrected chi connectivity index (χ3v) is 8.80. The average Bonchev–Trinajstić information content (AvgIpc) is 2.43. The van der Waals surface area contributed by atoms with Gasteiger partial charge in [-0.3, -0.25) is 0 Å². The molecule has 0 N–H and O–H groups in total. The average molecular weight is 440 g/mol. The van der Waals surface area contributed by atoms with Crippen LogP contribution in [0.2, 0.25) is 22.3 Å². The third-order valence-electron chi connectivity index (χ3n) is 4.64. The van der Waals surface area contributed by atoms with Crippen molar-refractivity contribution in [2.24, 2.45) is 23.7 Å². The summed E-state index contributed by atoms with van der Waals surface area (Å²) in [6.45, 7) is 11.7. The Hall–Kier alpha value is 0.668. The van der Waals surface area contributed by atoms with Gasteiger partial charge in [0.15, 0.2) is 0 Å². The number of hydrogen-bond donors (Lipinski definition) is 0. The summed E-state index contributed by atoms with van der Waals surface area (Å²) in [5.41, 5.74) is 6.68. The van der Waals surface area contributed by atoms with E-state index in [4.69, 9.17) is 9.05 Å². The summed E-state index contributed by atoms with van der Waals surface area (Å²) in [6, 6.07) is 0. The van der Waals surface area contributed by atoms with Crippen molar-refractivity contribution in [2.75, 3.05) is 13.2 Å². The van der Waals surface area contributed by atoms with Crippen molar-refractivity contribution >= 4 is 21.4 Å². The normalized spacial score (nSPS) is 19.9. The molecule has 0 aliphatic carbocycles. The summed E-state index contributed by atoms with van der Waals surface area (Å²) in [5, 5.41) is 0.856. The molecule has 4 nitrogen and oxygen atoms in total. The van der Waals surface area contributed by atoms with Crippen molar-refractivity contribution in [1.82, 2.24) is 0 Å². The Morgan fingerprint density at radius 1 is 0.880 bits per heavy atom. The van der Waals surface area contributed by atoms with Gasteiger partial charge in [0.2, 0.25) is 0 Å². The first-order valence-electron chi connectivity index (χ1n) is 9.75. The molecule has 0 aromatic carbocycles. The Morgan fingerprint density at radius 3 is 1.84 bits per heavy atom. The van der Waals surface area contributed by atoms with E-state index >= 15 is 0 Å². The molecule has 0 aliphatic heterocycles. The Morgan fingerprint density at radius 2 is 1.36 bits per heavy atom. The van der Waals surface area contributed by atoms with Gasteiger partial charge in [0, 0.05) is 0 Å². The maximum atomic E-state index is 11.8. The van der Waals surface area contributed by atoms with E-state index in [9.17, 15) is 9.46 Å². The third kappa shape index (κ3) is 15.4. The van der Waals surface area contributed by atoms with Crippen molar-refractivity contribution in [3.8, 4) is 0 Å². The van der Waals surface area contributed by atoms with Crippen LogP contribution >= 0.6 is 7.82 Å². The maximum absolute atomic E-state index is 11.8. The van der Waals surface area contributed by atoms with Crippen LogP contribution in [-0.4, -0.2) is 26.8 Å². The first kappa shape index (κ1) is 25.7. The predicted octanol–water partition coefficient (Wildman–Crippen LogP) is 5.95. The summed E-state index contributed by atoms with van der Waals surface area (Å²) in [6.07, 6.45) is 4.69. The second kappa shape index (κ2) is 12.2. The summed E-state index contributed by atoms with van der Waals surface area (Å²) in [5.74, 6) is 2.30. The summed E-state index contributed by atoms with van der Waals surface area (Å²) >= 11 is -1.61. The van der Waals surface area contributed by atoms with E-state index in [1.54, 1.807) is 0 Å². The molecule has 0 rings (SSSR count). The first-order chi connectivity index (χ1) is 11.3. The molecule has 152 valence electrons. The molecule has 0 heterocycles. The van der Waals surface area contributed by atoms with Crippen molar-refractivity contribution in [2.45, 2.75) is 82.6 Å². The molecular formula is C19H42AsO4P. The van der Waals surface area contributed by atoms with Gasteiger partial charge in [0.25, 0.3) is 0 Å². The van der Waals surface area contributed by atoms with E-state index in [0.717, 1.165) is 23.5 Å². The fourth-order valence-corrected chi connectivity index (χ4v) is 5.65. The number of phosphoric ester groups is 1. The van der Waals surface area contributed by atoms with Crippen molar-refractivity contribution in [1.29, 1.82) is 0 Å². The SMILES string of the molecule is CCC(C)CC(C)CC(C)CC(C)COP(=O)([O-])OCC[As+](C)(C)C. The fraction of sp³-hybridized carbons (Fsp3) is 1.00. The van der Waals surface area contributed by atoms with Crippen LogP contribution in [0.4, 0.5) is 0 Å². The second-order valence-corrected chi connectivity index (χ2v) is 21.1. The van der Waals surface area contributed by atoms with Gasteiger partial charge in [0.05, 0.1) is 0 Å². The van der Waals surface area contributed by atoms with Gasteiger partial charge in [-0.1, -0.05) is 20.3 Å². The Labute approximate surface area is 159 Å². The van der Waals surface area contributed by atoms with Gasteiger partial charge in [-0.2, -0.15) is 0 Å². The van der Waals surface area contributed by atoms with Crippen molar-refractivity contribution in [3.05, 3.63) is 0 Å². The van der Waals surface area contributed by atoms with Crippen LogP contribution in [0.1, 0.15) is 60.3 Å². The molecule has 0 saturated carbocycles. The van der Waals surface area contributed by atoms with Gasteiger partial charge >= 0.3 is 133 Å². The Balaban J connectivity index is 4.07. The fourth-order valence-electron chi connectivity index (χ4n) is 3.17. The molecule has 0 amide bonds. The van der Waals surface area contributed by atoms with Gasteiger partial charge < -0.3 is 0 Å². The van der Waals surface area contributed by atoms with Crippen LogP contribution in [0.3, 0.4) is 0 Å². The zero-order valence-electron chi connectivity index (χ0n) is 17.8. The van der Waals surface area contributed by atoms with Crippen LogP contribution < -0.4 is 4.89 Å². The molecule has 6 heteroatoms. The van der Waals surface area contributed by atoms with Gasteiger partial charge in [-0.25, -0.2) is 0 Å². The zero-order chi connectivity index (χ0) is 19.7. The molecule has 0 aromatic heterocycles. The first-order valence-corrected chi connectivity index (χ1v) is 18.2. The van der Waals surface area contributed by atoms with E-state index in [0.29, 0.717) is 5.92 Å². The minimum absolute atomic E-state index is 0.218. The van der Waals surface area contributed by atoms with E-state index < -0.39 is 21.4 Å². The van der Waals surface area contributed by atoms with Crippen LogP contribution in [0.15, 0.2) is 0 Å². The monoisotopic (exact) mass is 440 g/mol. The molecule has 0 bridgehead atoms. The second-order valence-electron chi connectivity index (χ2n) is 9.13. The number of phosphoric acid groups is 1. The molecule has 5 atom stereocenters. The molecule has 0 spiro atoms. The Kier molecular flexibility index (Phi) is 12.5. The quantitative estimate of drug-likeness (QED) is 0.247. The topological polar surface area (TPSA) is 58.6 Å². The van der Waals surface area contributed by atoms with Gasteiger partial charge in [-0.15, -0.1) is 0 Å². The van der Waals surface area contributed by atoms with Gasteiger partial charge in [0.1, 0.15) is 0 Å². The molecule has 25 heavy (non-hydrogen) atoms. The van der Waals surface area contributed by atoms with Crippen LogP contribution in [0.5, 0.6) is 0 Å². The molecule has 0 saturated heterocycles. The molecule has 0 aromatic rings. The van der Waals surface area contributed by atoms with Crippen LogP contribution in [0, 0.1) is 23.7 Å². The van der Waals surface area contributed by atoms with E-state index in [1.165, 1.54) is 19.3 Å². The van der Waals surface area contributed by atoms with E-state index in [-0.39, 0.29) is 19.1 Å². The van der Waals surface area contributed by atoms with Gasteiger partial charge in [-0.05, 0) is 5.92 Å². The minimum atomic E-state index is -4.15. The van der Waals surface area contributed by atoms with Crippen LogP contribution in [0.25, 0.3) is 0 Å². The van der Waals surface area contributed by atoms with Crippen LogP contribution in [-0.2, 0) is 13.6 Å². The molecule has 0 aliphatic rings. The molecule has 0 radical (unpaired) electrons. The predicted molar refractivity (Wildman–Crippen MR) is 108 cm³/mol. The number of rotatable bonds is 14. The van der Waals surface area contributed by atoms with E-state index in [1.807, 2.05) is 0 Å². The van der Waals surface area contributed by atoms with Crippen molar-refractivity contribution < 1.29 is 18.5 Å². The van der Waals surface area contributed by atoms with E-state index in [2.05, 4.69) is 51.8 Å². The Bertz CT molecular complexity index is 397. The molecule has 0 fully saturated rings. The number of hydrogen-bond acceptors (Lipinski definition) is 4. The summed E-state index contributed by atoms with van der Waals surface area (Å²) < 4.78 is 21.9. The molecule has 5 unspecified atom stereocenters. The standard InChI is InChI=1S/C19H42AsO4P/c1-9-16(2)12-17(3)13-18(4)14-19(5)15-24-25(21,22)23-11-10-20(6,7)8/h16-19H,9-15H2,1-8H3. The molecular weight excluding hydrogens is 398 g/mol. The summed E-state index contributed by atoms with van der Waals surface area (Å²) in [7, 11) is -4.15.